The molecule has 15 heavy (non-hydrogen) atoms. The lowest BCUT2D eigenvalue weighted by molar-refractivity contribution is -0.0139. The van der Waals surface area contributed by atoms with Gasteiger partial charge in [-0.2, -0.15) is 0 Å². The number of methoxy groups -OCH3 is 1. The third kappa shape index (κ3) is 3.80. The van der Waals surface area contributed by atoms with Gasteiger partial charge in [-0.3, -0.25) is 0 Å². The molecule has 0 N–H and O–H groups in total. The van der Waals surface area contributed by atoms with Gasteiger partial charge in [-0.05, 0) is 44.1 Å². The molecule has 0 radical (unpaired) electrons. The van der Waals surface area contributed by atoms with E-state index in [1.54, 1.807) is 7.11 Å². The molecule has 3 heteroatoms. The summed E-state index contributed by atoms with van der Waals surface area (Å²) in [5, 5.41) is 0. The van der Waals surface area contributed by atoms with Gasteiger partial charge in [0.2, 0.25) is 0 Å². The number of allylic oxidation sites excluding steroid dienone is 4. The van der Waals surface area contributed by atoms with E-state index in [0.29, 0.717) is 6.61 Å². The highest BCUT2D eigenvalue weighted by Gasteiger charge is 2.03. The largest absolute Gasteiger partial charge is 0.497 e. The Hall–Kier alpha value is -1.22. The Bertz CT molecular complexity index is 311. The molecule has 1 aliphatic rings. The first kappa shape index (κ1) is 11.9. The second kappa shape index (κ2) is 5.61. The lowest BCUT2D eigenvalue weighted by atomic mass is 10.2. The van der Waals surface area contributed by atoms with Gasteiger partial charge in [-0.25, -0.2) is 0 Å². The first-order valence-electron chi connectivity index (χ1n) is 4.94. The zero-order chi connectivity index (χ0) is 11.3. The van der Waals surface area contributed by atoms with Crippen molar-refractivity contribution >= 4 is 0 Å². The second-order valence-corrected chi connectivity index (χ2v) is 3.60. The van der Waals surface area contributed by atoms with Gasteiger partial charge >= 0.3 is 0 Å². The van der Waals surface area contributed by atoms with Crippen LogP contribution in [0.25, 0.3) is 0 Å². The lowest BCUT2D eigenvalue weighted by Gasteiger charge is -2.12. The molecule has 0 unspecified atom stereocenters. The van der Waals surface area contributed by atoms with Crippen LogP contribution in [0.1, 0.15) is 20.8 Å². The third-order valence-corrected chi connectivity index (χ3v) is 2.12. The van der Waals surface area contributed by atoms with Gasteiger partial charge in [0, 0.05) is 0 Å². The molecule has 0 aliphatic carbocycles. The number of rotatable bonds is 1. The van der Waals surface area contributed by atoms with Crippen molar-refractivity contribution in [2.75, 3.05) is 20.5 Å². The van der Waals surface area contributed by atoms with Crippen molar-refractivity contribution in [3.8, 4) is 0 Å². The Labute approximate surface area is 91.0 Å². The molecule has 1 heterocycles. The molecule has 1 aliphatic heterocycles. The van der Waals surface area contributed by atoms with E-state index in [4.69, 9.17) is 14.2 Å². The Balaban J connectivity index is 2.99. The smallest absolute Gasteiger partial charge is 0.188 e. The summed E-state index contributed by atoms with van der Waals surface area (Å²) in [6, 6.07) is 0. The maximum absolute atomic E-state index is 5.34. The fourth-order valence-corrected chi connectivity index (χ4v) is 1.37. The van der Waals surface area contributed by atoms with Crippen molar-refractivity contribution in [3.05, 3.63) is 34.8 Å². The van der Waals surface area contributed by atoms with E-state index in [9.17, 15) is 0 Å². The summed E-state index contributed by atoms with van der Waals surface area (Å²) in [6.07, 6.45) is 3.94. The molecule has 0 bridgehead atoms. The van der Waals surface area contributed by atoms with Gasteiger partial charge in [0.1, 0.15) is 5.76 Å². The molecule has 0 aromatic carbocycles. The average Bonchev–Trinajstić information content (AvgIpc) is 2.19. The quantitative estimate of drug-likeness (QED) is 0.666. The predicted molar refractivity (Wildman–Crippen MR) is 59.1 cm³/mol. The normalized spacial score (nSPS) is 30.7. The Morgan fingerprint density at radius 3 is 2.60 bits per heavy atom. The molecule has 0 aromatic heterocycles. The molecular formula is C12H18O3. The summed E-state index contributed by atoms with van der Waals surface area (Å²) in [5.74, 6) is 1.71. The van der Waals surface area contributed by atoms with Gasteiger partial charge < -0.3 is 14.2 Å². The fraction of sp³-hybridized carbons (Fsp3) is 0.500. The first-order valence-corrected chi connectivity index (χ1v) is 4.94. The standard InChI is InChI=1S/C12H18O3/c1-9-5-11(3)15-8-14-7-10(2)12(6-9)13-4/h5-6H,7-8H2,1-4H3/b9-6-,11-5+,12-10-. The highest BCUT2D eigenvalue weighted by molar-refractivity contribution is 5.29. The van der Waals surface area contributed by atoms with Crippen LogP contribution in [0, 0.1) is 0 Å². The molecule has 0 amide bonds. The molecule has 0 atom stereocenters. The minimum absolute atomic E-state index is 0.282. The lowest BCUT2D eigenvalue weighted by Crippen LogP contribution is -2.05. The van der Waals surface area contributed by atoms with Crippen molar-refractivity contribution in [3.63, 3.8) is 0 Å². The van der Waals surface area contributed by atoms with Gasteiger partial charge in [-0.1, -0.05) is 0 Å². The van der Waals surface area contributed by atoms with E-state index in [2.05, 4.69) is 0 Å². The number of ether oxygens (including phenoxy) is 3. The maximum Gasteiger partial charge on any atom is 0.188 e. The molecule has 1 rings (SSSR count). The minimum atomic E-state index is 0.282. The highest BCUT2D eigenvalue weighted by Crippen LogP contribution is 2.14. The molecule has 3 nitrogen and oxygen atoms in total. The maximum atomic E-state index is 5.34. The average molecular weight is 210 g/mol. The summed E-state index contributed by atoms with van der Waals surface area (Å²) < 4.78 is 16.0. The third-order valence-electron chi connectivity index (χ3n) is 2.12. The van der Waals surface area contributed by atoms with E-state index in [1.807, 2.05) is 32.9 Å². The molecule has 0 spiro atoms. The van der Waals surface area contributed by atoms with Gasteiger partial charge in [0.15, 0.2) is 6.79 Å². The molecule has 0 fully saturated rings. The van der Waals surface area contributed by atoms with Crippen molar-refractivity contribution < 1.29 is 14.2 Å². The zero-order valence-electron chi connectivity index (χ0n) is 9.79. The summed E-state index contributed by atoms with van der Waals surface area (Å²) in [5.41, 5.74) is 2.17. The summed E-state index contributed by atoms with van der Waals surface area (Å²) >= 11 is 0. The van der Waals surface area contributed by atoms with Crippen LogP contribution in [-0.2, 0) is 14.2 Å². The van der Waals surface area contributed by atoms with Crippen molar-refractivity contribution in [1.29, 1.82) is 0 Å². The zero-order valence-corrected chi connectivity index (χ0v) is 9.79. The summed E-state index contributed by atoms with van der Waals surface area (Å²) in [4.78, 5) is 0. The number of hydrogen-bond donors (Lipinski definition) is 0. The highest BCUT2D eigenvalue weighted by atomic mass is 16.7. The van der Waals surface area contributed by atoms with E-state index >= 15 is 0 Å². The predicted octanol–water partition coefficient (Wildman–Crippen LogP) is 2.76. The van der Waals surface area contributed by atoms with Crippen LogP contribution in [0.15, 0.2) is 34.8 Å². The molecule has 0 aromatic rings. The molecule has 0 saturated carbocycles. The van der Waals surface area contributed by atoms with Crippen LogP contribution in [-0.4, -0.2) is 20.5 Å². The van der Waals surface area contributed by atoms with Crippen LogP contribution in [0.3, 0.4) is 0 Å². The summed E-state index contributed by atoms with van der Waals surface area (Å²) in [6.45, 7) is 6.72. The van der Waals surface area contributed by atoms with Crippen molar-refractivity contribution in [2.45, 2.75) is 20.8 Å². The molecular weight excluding hydrogens is 192 g/mol. The van der Waals surface area contributed by atoms with Gasteiger partial charge in [0.05, 0.1) is 19.5 Å². The van der Waals surface area contributed by atoms with E-state index in [0.717, 1.165) is 22.7 Å². The Morgan fingerprint density at radius 1 is 1.20 bits per heavy atom. The van der Waals surface area contributed by atoms with Crippen LogP contribution >= 0.6 is 0 Å². The van der Waals surface area contributed by atoms with Crippen LogP contribution in [0.5, 0.6) is 0 Å². The molecule has 0 saturated heterocycles. The topological polar surface area (TPSA) is 27.7 Å². The summed E-state index contributed by atoms with van der Waals surface area (Å²) in [7, 11) is 1.67. The molecule has 84 valence electrons. The Morgan fingerprint density at radius 2 is 1.93 bits per heavy atom. The second-order valence-electron chi connectivity index (χ2n) is 3.60. The van der Waals surface area contributed by atoms with Crippen LogP contribution < -0.4 is 0 Å². The minimum Gasteiger partial charge on any atom is -0.497 e. The van der Waals surface area contributed by atoms with Gasteiger partial charge in [-0.15, -0.1) is 0 Å². The van der Waals surface area contributed by atoms with E-state index < -0.39 is 0 Å². The van der Waals surface area contributed by atoms with Gasteiger partial charge in [0.25, 0.3) is 0 Å². The van der Waals surface area contributed by atoms with Crippen LogP contribution in [0.4, 0.5) is 0 Å². The Kier molecular flexibility index (Phi) is 4.43. The van der Waals surface area contributed by atoms with Crippen molar-refractivity contribution in [1.82, 2.24) is 0 Å². The van der Waals surface area contributed by atoms with E-state index in [1.165, 1.54) is 0 Å². The van der Waals surface area contributed by atoms with Crippen LogP contribution in [0.2, 0.25) is 0 Å². The van der Waals surface area contributed by atoms with Crippen molar-refractivity contribution in [2.24, 2.45) is 0 Å². The van der Waals surface area contributed by atoms with E-state index in [-0.39, 0.29) is 6.79 Å². The number of hydrogen-bond acceptors (Lipinski definition) is 3. The first-order chi connectivity index (χ1) is 7.13. The monoisotopic (exact) mass is 210 g/mol. The fourth-order valence-electron chi connectivity index (χ4n) is 1.37. The SMILES string of the molecule is COC1=C(/C)COCO/C(C)=C/C(C)=C\1.